The Morgan fingerprint density at radius 2 is 1.95 bits per heavy atom. The molecule has 1 aliphatic rings. The van der Waals surface area contributed by atoms with E-state index in [0.717, 1.165) is 31.5 Å². The molecule has 1 amide bonds. The molecule has 12 nitrogen and oxygen atoms in total. The first-order valence-electron chi connectivity index (χ1n) is 12.4. The van der Waals surface area contributed by atoms with Gasteiger partial charge in [0.25, 0.3) is 11.5 Å². The zero-order valence-electron chi connectivity index (χ0n) is 20.8. The molecule has 2 atom stereocenters. The molecular weight excluding hydrogens is 480 g/mol. The van der Waals surface area contributed by atoms with Crippen LogP contribution >= 0.6 is 0 Å². The van der Waals surface area contributed by atoms with Crippen molar-refractivity contribution >= 4 is 35.3 Å². The Kier molecular flexibility index (Phi) is 9.47. The molecule has 3 rings (SSSR count). The summed E-state index contributed by atoms with van der Waals surface area (Å²) in [6, 6.07) is 5.59. The number of nitrogen functional groups attached to an aromatic ring is 1. The van der Waals surface area contributed by atoms with E-state index in [0.29, 0.717) is 30.9 Å². The molecule has 0 bridgehead atoms. The molecule has 200 valence electrons. The van der Waals surface area contributed by atoms with Crippen molar-refractivity contribution in [2.75, 3.05) is 35.6 Å². The summed E-state index contributed by atoms with van der Waals surface area (Å²) < 4.78 is 0. The lowest BCUT2D eigenvalue weighted by molar-refractivity contribution is -0.140. The minimum Gasteiger partial charge on any atom is -0.481 e. The van der Waals surface area contributed by atoms with Crippen molar-refractivity contribution in [3.8, 4) is 0 Å². The number of benzene rings is 1. The average Bonchev–Trinajstić information content (AvgIpc) is 2.86. The van der Waals surface area contributed by atoms with Gasteiger partial charge in [0.1, 0.15) is 11.9 Å². The predicted molar refractivity (Wildman–Crippen MR) is 139 cm³/mol. The van der Waals surface area contributed by atoms with Gasteiger partial charge in [-0.15, -0.1) is 0 Å². The van der Waals surface area contributed by atoms with Crippen molar-refractivity contribution < 1.29 is 24.6 Å². The van der Waals surface area contributed by atoms with E-state index in [9.17, 15) is 24.3 Å². The van der Waals surface area contributed by atoms with Gasteiger partial charge < -0.3 is 31.5 Å². The number of anilines is 3. The fourth-order valence-electron chi connectivity index (χ4n) is 4.36. The number of nitrogens with one attached hydrogen (secondary N) is 3. The van der Waals surface area contributed by atoms with Crippen LogP contribution < -0.4 is 26.8 Å². The van der Waals surface area contributed by atoms with E-state index in [1.54, 1.807) is 12.1 Å². The standard InChI is InChI=1S/C25H34N6O6/c1-2-3-4-11-31(14-15-12-18-21(27-13-15)29-25(26)30-23(18)35)17-7-5-16(6-8-17)22(34)28-19(24(36)37)9-10-20(32)33/h5-8,15,19H,2-4,9-14H2,1H3,(H,28,34)(H,32,33)(H,36,37)(H4,26,27,29,30,35)/t15?,19-/m0/s1. The van der Waals surface area contributed by atoms with Crippen molar-refractivity contribution in [3.05, 3.63) is 45.7 Å². The number of hydrogen-bond acceptors (Lipinski definition) is 8. The number of unbranched alkanes of at least 4 members (excludes halogenated alkanes) is 2. The second-order valence-corrected chi connectivity index (χ2v) is 9.23. The fraction of sp³-hybridized carbons (Fsp3) is 0.480. The van der Waals surface area contributed by atoms with Crippen molar-refractivity contribution in [2.45, 2.75) is 51.5 Å². The van der Waals surface area contributed by atoms with E-state index in [1.165, 1.54) is 0 Å². The summed E-state index contributed by atoms with van der Waals surface area (Å²) in [6.07, 6.45) is 3.11. The lowest BCUT2D eigenvalue weighted by Gasteiger charge is -2.32. The summed E-state index contributed by atoms with van der Waals surface area (Å²) >= 11 is 0. The summed E-state index contributed by atoms with van der Waals surface area (Å²) in [5, 5.41) is 23.7. The Hall–Kier alpha value is -4.09. The van der Waals surface area contributed by atoms with Gasteiger partial charge in [-0.2, -0.15) is 4.98 Å². The van der Waals surface area contributed by atoms with Crippen LogP contribution in [0, 0.1) is 5.92 Å². The van der Waals surface area contributed by atoms with E-state index >= 15 is 0 Å². The Bertz CT molecular complexity index is 1170. The van der Waals surface area contributed by atoms with Gasteiger partial charge in [0.05, 0.1) is 5.56 Å². The SMILES string of the molecule is CCCCCN(CC1CNc2nc(N)[nH]c(=O)c2C1)c1ccc(C(=O)N[C@@H](CCC(=O)O)C(=O)O)cc1. The second-order valence-electron chi connectivity index (χ2n) is 9.23. The van der Waals surface area contributed by atoms with Gasteiger partial charge >= 0.3 is 11.9 Å². The molecule has 1 aliphatic heterocycles. The lowest BCUT2D eigenvalue weighted by Crippen LogP contribution is -2.41. The van der Waals surface area contributed by atoms with Gasteiger partial charge in [-0.05, 0) is 49.4 Å². The molecule has 0 aliphatic carbocycles. The predicted octanol–water partition coefficient (Wildman–Crippen LogP) is 1.68. The van der Waals surface area contributed by atoms with Gasteiger partial charge in [0.15, 0.2) is 0 Å². The zero-order valence-corrected chi connectivity index (χ0v) is 20.8. The van der Waals surface area contributed by atoms with Gasteiger partial charge in [0, 0.05) is 37.3 Å². The molecule has 2 heterocycles. The third-order valence-electron chi connectivity index (χ3n) is 6.34. The second kappa shape index (κ2) is 12.7. The smallest absolute Gasteiger partial charge is 0.326 e. The number of hydrogen-bond donors (Lipinski definition) is 6. The molecule has 2 aromatic rings. The summed E-state index contributed by atoms with van der Waals surface area (Å²) in [5.74, 6) is -2.25. The van der Waals surface area contributed by atoms with Crippen LogP contribution in [0.2, 0.25) is 0 Å². The molecule has 0 saturated heterocycles. The maximum atomic E-state index is 12.6. The monoisotopic (exact) mass is 514 g/mol. The fourth-order valence-corrected chi connectivity index (χ4v) is 4.36. The first kappa shape index (κ1) is 27.5. The first-order valence-corrected chi connectivity index (χ1v) is 12.4. The maximum Gasteiger partial charge on any atom is 0.326 e. The number of carboxylic acids is 2. The molecule has 1 aromatic heterocycles. The quantitative estimate of drug-likeness (QED) is 0.214. The summed E-state index contributed by atoms with van der Waals surface area (Å²) in [5.41, 5.74) is 7.18. The highest BCUT2D eigenvalue weighted by atomic mass is 16.4. The Labute approximate surface area is 214 Å². The topological polar surface area (TPSA) is 191 Å². The summed E-state index contributed by atoms with van der Waals surface area (Å²) in [6.45, 7) is 4.25. The number of aliphatic carboxylic acids is 2. The van der Waals surface area contributed by atoms with Crippen molar-refractivity contribution in [3.63, 3.8) is 0 Å². The molecule has 0 fully saturated rings. The number of carboxylic acid groups (broad SMARTS) is 2. The van der Waals surface area contributed by atoms with Crippen LogP contribution in [0.4, 0.5) is 17.5 Å². The summed E-state index contributed by atoms with van der Waals surface area (Å²) in [4.78, 5) is 56.1. The van der Waals surface area contributed by atoms with E-state index in [-0.39, 0.29) is 35.8 Å². The zero-order chi connectivity index (χ0) is 26.9. The number of carbonyl (C=O) groups is 3. The highest BCUT2D eigenvalue weighted by Gasteiger charge is 2.25. The highest BCUT2D eigenvalue weighted by Crippen LogP contribution is 2.24. The highest BCUT2D eigenvalue weighted by molar-refractivity contribution is 5.97. The van der Waals surface area contributed by atoms with Gasteiger partial charge in [-0.25, -0.2) is 4.79 Å². The number of fused-ring (bicyclic) bond motifs is 1. The molecular formula is C25H34N6O6. The number of aromatic nitrogens is 2. The van der Waals surface area contributed by atoms with Crippen LogP contribution in [0.5, 0.6) is 0 Å². The molecule has 0 spiro atoms. The first-order chi connectivity index (χ1) is 17.7. The van der Waals surface area contributed by atoms with Crippen molar-refractivity contribution in [1.82, 2.24) is 15.3 Å². The number of carbonyl (C=O) groups excluding carboxylic acids is 1. The number of aromatic amines is 1. The van der Waals surface area contributed by atoms with Crippen LogP contribution in [0.1, 0.15) is 54.9 Å². The largest absolute Gasteiger partial charge is 0.481 e. The van der Waals surface area contributed by atoms with Crippen LogP contribution in [-0.4, -0.2) is 63.7 Å². The molecule has 37 heavy (non-hydrogen) atoms. The molecule has 12 heteroatoms. The normalized spacial score (nSPS) is 15.2. The van der Waals surface area contributed by atoms with Gasteiger partial charge in [-0.3, -0.25) is 19.4 Å². The number of amides is 1. The van der Waals surface area contributed by atoms with E-state index in [4.69, 9.17) is 10.8 Å². The number of H-pyrrole nitrogens is 1. The van der Waals surface area contributed by atoms with Crippen LogP contribution in [-0.2, 0) is 16.0 Å². The van der Waals surface area contributed by atoms with Crippen molar-refractivity contribution in [1.29, 1.82) is 0 Å². The van der Waals surface area contributed by atoms with E-state index < -0.39 is 23.9 Å². The molecule has 0 radical (unpaired) electrons. The Morgan fingerprint density at radius 1 is 1.22 bits per heavy atom. The van der Waals surface area contributed by atoms with Crippen LogP contribution in [0.3, 0.4) is 0 Å². The van der Waals surface area contributed by atoms with Gasteiger partial charge in [0.2, 0.25) is 5.95 Å². The average molecular weight is 515 g/mol. The van der Waals surface area contributed by atoms with Gasteiger partial charge in [-0.1, -0.05) is 19.8 Å². The Morgan fingerprint density at radius 3 is 2.59 bits per heavy atom. The summed E-state index contributed by atoms with van der Waals surface area (Å²) in [7, 11) is 0. The number of nitrogens with two attached hydrogens (primary N) is 1. The molecule has 7 N–H and O–H groups in total. The maximum absolute atomic E-state index is 12.6. The minimum absolute atomic E-state index is 0.0802. The lowest BCUT2D eigenvalue weighted by atomic mass is 9.95. The molecule has 0 saturated carbocycles. The van der Waals surface area contributed by atoms with Crippen molar-refractivity contribution in [2.24, 2.45) is 5.92 Å². The van der Waals surface area contributed by atoms with E-state index in [1.807, 2.05) is 12.1 Å². The number of rotatable bonds is 13. The van der Waals surface area contributed by atoms with E-state index in [2.05, 4.69) is 32.4 Å². The molecule has 1 aromatic carbocycles. The van der Waals surface area contributed by atoms with Crippen LogP contribution in [0.15, 0.2) is 29.1 Å². The number of nitrogens with zero attached hydrogens (tertiary/aromatic N) is 2. The molecule has 1 unspecified atom stereocenters. The third kappa shape index (κ3) is 7.69. The Balaban J connectivity index is 1.70. The third-order valence-corrected chi connectivity index (χ3v) is 6.34. The van der Waals surface area contributed by atoms with Crippen LogP contribution in [0.25, 0.3) is 0 Å². The minimum atomic E-state index is -1.29.